The van der Waals surface area contributed by atoms with Gasteiger partial charge in [-0.15, -0.1) is 0 Å². The highest BCUT2D eigenvalue weighted by molar-refractivity contribution is 5.95. The molecule has 14 N–H and O–H groups in total. The minimum atomic E-state index is -1.53. The van der Waals surface area contributed by atoms with Crippen LogP contribution in [0.4, 0.5) is 0 Å². The highest BCUT2D eigenvalue weighted by Crippen LogP contribution is 2.19. The maximum atomic E-state index is 13.3. The SMILES string of the molecule is NC(=O)CCC(N)C(=O)NC(Cc1c[nH]c2ccccc12)C(=O)NC(CO)C(=O)NC(CCCN=C(N)N)C(=O)O. The molecule has 2 aromatic rings. The lowest BCUT2D eigenvalue weighted by Crippen LogP contribution is -2.58. The highest BCUT2D eigenvalue weighted by atomic mass is 16.4. The number of carboxylic acid groups (broad SMARTS) is 1. The lowest BCUT2D eigenvalue weighted by Gasteiger charge is -2.24. The van der Waals surface area contributed by atoms with Crippen LogP contribution in [0.15, 0.2) is 35.5 Å². The van der Waals surface area contributed by atoms with Crippen LogP contribution in [0.25, 0.3) is 10.9 Å². The van der Waals surface area contributed by atoms with Crippen molar-refractivity contribution in [1.29, 1.82) is 0 Å². The summed E-state index contributed by atoms with van der Waals surface area (Å²) in [6, 6.07) is 2.00. The third-order valence-corrected chi connectivity index (χ3v) is 6.15. The van der Waals surface area contributed by atoms with Gasteiger partial charge in [0, 0.05) is 36.5 Å². The predicted molar refractivity (Wildman–Crippen MR) is 149 cm³/mol. The summed E-state index contributed by atoms with van der Waals surface area (Å²) >= 11 is 0. The van der Waals surface area contributed by atoms with Gasteiger partial charge in [-0.2, -0.15) is 0 Å². The van der Waals surface area contributed by atoms with Crippen molar-refractivity contribution in [3.8, 4) is 0 Å². The molecule has 1 heterocycles. The molecule has 4 atom stereocenters. The third-order valence-electron chi connectivity index (χ3n) is 6.15. The Bertz CT molecular complexity index is 1260. The molecular weight excluding hydrogens is 538 g/mol. The third kappa shape index (κ3) is 10.4. The minimum absolute atomic E-state index is 0.0214. The summed E-state index contributed by atoms with van der Waals surface area (Å²) in [7, 11) is 0. The Labute approximate surface area is 235 Å². The van der Waals surface area contributed by atoms with Gasteiger partial charge >= 0.3 is 5.97 Å². The van der Waals surface area contributed by atoms with Crippen molar-refractivity contribution >= 4 is 46.5 Å². The molecule has 4 amide bonds. The van der Waals surface area contributed by atoms with Crippen LogP contribution in [0.5, 0.6) is 0 Å². The maximum absolute atomic E-state index is 13.3. The molecule has 0 fully saturated rings. The number of aromatic nitrogens is 1. The molecule has 0 radical (unpaired) electrons. The Hall–Kier alpha value is -4.70. The summed E-state index contributed by atoms with van der Waals surface area (Å²) in [6.45, 7) is -0.720. The number of H-pyrrole nitrogens is 1. The van der Waals surface area contributed by atoms with Gasteiger partial charge in [-0.05, 0) is 30.9 Å². The number of carboxylic acids is 1. The summed E-state index contributed by atoms with van der Waals surface area (Å²) in [4.78, 5) is 68.4. The number of para-hydroxylation sites is 1. The topological polar surface area (TPSA) is 294 Å². The molecule has 0 aliphatic rings. The second-order valence-corrected chi connectivity index (χ2v) is 9.33. The van der Waals surface area contributed by atoms with E-state index in [2.05, 4.69) is 25.9 Å². The Morgan fingerprint density at radius 2 is 1.54 bits per heavy atom. The fraction of sp³-hybridized carbons (Fsp3) is 0.440. The minimum Gasteiger partial charge on any atom is -0.480 e. The second kappa shape index (κ2) is 15.8. The molecule has 0 aliphatic carbocycles. The van der Waals surface area contributed by atoms with Gasteiger partial charge in [0.25, 0.3) is 0 Å². The molecule has 0 aliphatic heterocycles. The number of guanidine groups is 1. The van der Waals surface area contributed by atoms with Crippen molar-refractivity contribution in [1.82, 2.24) is 20.9 Å². The number of aliphatic carboxylic acids is 1. The molecule has 4 unspecified atom stereocenters. The number of benzene rings is 1. The van der Waals surface area contributed by atoms with Gasteiger partial charge < -0.3 is 54.1 Å². The number of hydrogen-bond acceptors (Lipinski definition) is 8. The number of aliphatic hydroxyl groups is 1. The molecule has 41 heavy (non-hydrogen) atoms. The highest BCUT2D eigenvalue weighted by Gasteiger charge is 2.30. The average molecular weight is 576 g/mol. The van der Waals surface area contributed by atoms with Crippen LogP contribution in [0.1, 0.15) is 31.2 Å². The molecule has 0 spiro atoms. The maximum Gasteiger partial charge on any atom is 0.326 e. The number of hydrogen-bond donors (Lipinski definition) is 10. The van der Waals surface area contributed by atoms with Crippen LogP contribution in [-0.4, -0.2) is 88.1 Å². The van der Waals surface area contributed by atoms with Crippen LogP contribution in [0.2, 0.25) is 0 Å². The van der Waals surface area contributed by atoms with Gasteiger partial charge in [0.1, 0.15) is 18.1 Å². The van der Waals surface area contributed by atoms with E-state index in [-0.39, 0.29) is 44.6 Å². The normalized spacial score (nSPS) is 13.8. The molecule has 224 valence electrons. The molecule has 0 saturated heterocycles. The Balaban J connectivity index is 2.17. The fourth-order valence-corrected chi connectivity index (χ4v) is 3.94. The first kappa shape index (κ1) is 32.5. The van der Waals surface area contributed by atoms with Crippen molar-refractivity contribution in [2.75, 3.05) is 13.2 Å². The largest absolute Gasteiger partial charge is 0.480 e. The molecule has 1 aromatic heterocycles. The summed E-state index contributed by atoms with van der Waals surface area (Å²) in [5.41, 5.74) is 22.9. The van der Waals surface area contributed by atoms with Crippen molar-refractivity contribution < 1.29 is 34.2 Å². The standard InChI is InChI=1S/C25H37N9O7/c26-15(7-8-20(27)36)21(37)33-18(10-13-11-31-16-5-2-1-4-14(13)16)22(38)34-19(12-35)23(39)32-17(24(40)41)6-3-9-30-25(28)29/h1-2,4-5,11,15,17-19,31,35H,3,6-10,12,26H2,(H2,27,36)(H,32,39)(H,33,37)(H,34,38)(H,40,41)(H4,28,29,30). The van der Waals surface area contributed by atoms with Crippen molar-refractivity contribution in [2.24, 2.45) is 27.9 Å². The Kier molecular flexibility index (Phi) is 12.5. The van der Waals surface area contributed by atoms with E-state index in [9.17, 15) is 34.2 Å². The van der Waals surface area contributed by atoms with E-state index in [0.29, 0.717) is 5.56 Å². The molecule has 16 heteroatoms. The molecule has 0 bridgehead atoms. The van der Waals surface area contributed by atoms with Crippen LogP contribution >= 0.6 is 0 Å². The molecule has 0 saturated carbocycles. The quantitative estimate of drug-likeness (QED) is 0.0514. The number of carbonyl (C=O) groups is 5. The zero-order valence-corrected chi connectivity index (χ0v) is 22.3. The van der Waals surface area contributed by atoms with Crippen LogP contribution in [0.3, 0.4) is 0 Å². The molecule has 16 nitrogen and oxygen atoms in total. The lowest BCUT2D eigenvalue weighted by molar-refractivity contribution is -0.142. The number of aromatic amines is 1. The van der Waals surface area contributed by atoms with Crippen molar-refractivity contribution in [3.05, 3.63) is 36.0 Å². The van der Waals surface area contributed by atoms with E-state index in [1.54, 1.807) is 12.3 Å². The zero-order valence-electron chi connectivity index (χ0n) is 22.3. The van der Waals surface area contributed by atoms with Gasteiger partial charge in [0.15, 0.2) is 5.96 Å². The smallest absolute Gasteiger partial charge is 0.326 e. The number of nitrogens with zero attached hydrogens (tertiary/aromatic N) is 1. The van der Waals surface area contributed by atoms with E-state index in [0.717, 1.165) is 10.9 Å². The van der Waals surface area contributed by atoms with Crippen LogP contribution in [0, 0.1) is 0 Å². The number of fused-ring (bicyclic) bond motifs is 1. The first-order chi connectivity index (χ1) is 19.4. The number of nitrogens with two attached hydrogens (primary N) is 4. The number of amides is 4. The number of carbonyl (C=O) groups excluding carboxylic acids is 4. The number of aliphatic hydroxyl groups excluding tert-OH is 1. The van der Waals surface area contributed by atoms with Gasteiger partial charge in [-0.25, -0.2) is 4.79 Å². The van der Waals surface area contributed by atoms with E-state index < -0.39 is 60.4 Å². The van der Waals surface area contributed by atoms with E-state index in [1.165, 1.54) is 0 Å². The number of rotatable bonds is 17. The van der Waals surface area contributed by atoms with E-state index >= 15 is 0 Å². The second-order valence-electron chi connectivity index (χ2n) is 9.33. The lowest BCUT2D eigenvalue weighted by atomic mass is 10.0. The molecule has 1 aromatic carbocycles. The molecular formula is C25H37N9O7. The summed E-state index contributed by atoms with van der Waals surface area (Å²) in [5, 5.41) is 27.3. The Morgan fingerprint density at radius 1 is 0.902 bits per heavy atom. The number of primary amides is 1. The summed E-state index contributed by atoms with van der Waals surface area (Å²) in [5.74, 6) is -4.66. The number of nitrogens with one attached hydrogen (secondary N) is 4. The first-order valence-corrected chi connectivity index (χ1v) is 12.8. The summed E-state index contributed by atoms with van der Waals surface area (Å²) < 4.78 is 0. The van der Waals surface area contributed by atoms with E-state index in [4.69, 9.17) is 22.9 Å². The van der Waals surface area contributed by atoms with Gasteiger partial charge in [-0.3, -0.25) is 24.2 Å². The average Bonchev–Trinajstić information content (AvgIpc) is 3.33. The van der Waals surface area contributed by atoms with E-state index in [1.807, 2.05) is 18.2 Å². The predicted octanol–water partition coefficient (Wildman–Crippen LogP) is -3.11. The van der Waals surface area contributed by atoms with Crippen molar-refractivity contribution in [3.63, 3.8) is 0 Å². The summed E-state index contributed by atoms with van der Waals surface area (Å²) in [6.07, 6.45) is 1.67. The zero-order chi connectivity index (χ0) is 30.5. The Morgan fingerprint density at radius 3 is 2.17 bits per heavy atom. The van der Waals surface area contributed by atoms with Crippen LogP contribution in [-0.2, 0) is 30.4 Å². The first-order valence-electron chi connectivity index (χ1n) is 12.8. The van der Waals surface area contributed by atoms with Gasteiger partial charge in [0.05, 0.1) is 12.6 Å². The number of aliphatic imine (C=N–C) groups is 1. The monoisotopic (exact) mass is 575 g/mol. The van der Waals surface area contributed by atoms with Crippen LogP contribution < -0.4 is 38.9 Å². The van der Waals surface area contributed by atoms with Gasteiger partial charge in [0.2, 0.25) is 23.6 Å². The van der Waals surface area contributed by atoms with Crippen molar-refractivity contribution in [2.45, 2.75) is 56.3 Å². The fourth-order valence-electron chi connectivity index (χ4n) is 3.94. The van der Waals surface area contributed by atoms with Gasteiger partial charge in [-0.1, -0.05) is 18.2 Å². The molecule has 2 rings (SSSR count).